The largest absolute Gasteiger partial charge is 0.453 e. The Morgan fingerprint density at radius 1 is 1.27 bits per heavy atom. The Labute approximate surface area is 162 Å². The zero-order chi connectivity index (χ0) is 19.4. The maximum absolute atomic E-state index is 12.2. The number of rotatable bonds is 6. The number of ether oxygens (including phenoxy) is 1. The van der Waals surface area contributed by atoms with Crippen molar-refractivity contribution in [3.63, 3.8) is 0 Å². The summed E-state index contributed by atoms with van der Waals surface area (Å²) in [4.78, 5) is 24.4. The summed E-state index contributed by atoms with van der Waals surface area (Å²) in [7, 11) is 0. The quantitative estimate of drug-likeness (QED) is 0.707. The van der Waals surface area contributed by atoms with Crippen molar-refractivity contribution in [1.82, 2.24) is 10.2 Å². The minimum atomic E-state index is -0.962. The van der Waals surface area contributed by atoms with Gasteiger partial charge in [-0.05, 0) is 50.5 Å². The van der Waals surface area contributed by atoms with Gasteiger partial charge in [-0.1, -0.05) is 30.1 Å². The van der Waals surface area contributed by atoms with Crippen LogP contribution in [0.3, 0.4) is 0 Å². The van der Waals surface area contributed by atoms with Gasteiger partial charge in [0.25, 0.3) is 5.91 Å². The second-order valence-corrected chi connectivity index (χ2v) is 7.04. The summed E-state index contributed by atoms with van der Waals surface area (Å²) in [6.45, 7) is 7.21. The van der Waals surface area contributed by atoms with Crippen molar-refractivity contribution in [2.24, 2.45) is 0 Å². The fourth-order valence-corrected chi connectivity index (χ4v) is 3.10. The third-order valence-corrected chi connectivity index (χ3v) is 4.58. The van der Waals surface area contributed by atoms with E-state index in [1.54, 1.807) is 12.1 Å². The van der Waals surface area contributed by atoms with E-state index in [1.807, 2.05) is 20.8 Å². The van der Waals surface area contributed by atoms with Crippen LogP contribution in [-0.4, -0.2) is 28.2 Å². The fourth-order valence-electron chi connectivity index (χ4n) is 2.76. The van der Waals surface area contributed by atoms with Crippen LogP contribution in [0.2, 0.25) is 10.0 Å². The predicted octanol–water partition coefficient (Wildman–Crippen LogP) is 4.40. The Balaban J connectivity index is 1.94. The van der Waals surface area contributed by atoms with Gasteiger partial charge in [0.15, 0.2) is 6.10 Å². The van der Waals surface area contributed by atoms with Gasteiger partial charge in [-0.3, -0.25) is 14.7 Å². The maximum atomic E-state index is 12.2. The number of aromatic amines is 1. The summed E-state index contributed by atoms with van der Waals surface area (Å²) < 4.78 is 5.25. The molecule has 8 heteroatoms. The fraction of sp³-hybridized carbons (Fsp3) is 0.389. The molecule has 0 spiro atoms. The Hall–Kier alpha value is -2.05. The molecule has 0 saturated carbocycles. The van der Waals surface area contributed by atoms with E-state index in [0.717, 1.165) is 17.0 Å². The minimum Gasteiger partial charge on any atom is -0.453 e. The second kappa shape index (κ2) is 8.56. The Morgan fingerprint density at radius 3 is 2.58 bits per heavy atom. The number of carbonyl (C=O) groups excluding carboxylic acids is 2. The molecular weight excluding hydrogens is 377 g/mol. The molecule has 0 saturated heterocycles. The molecule has 0 unspecified atom stereocenters. The predicted molar refractivity (Wildman–Crippen MR) is 102 cm³/mol. The van der Waals surface area contributed by atoms with Crippen molar-refractivity contribution in [3.05, 3.63) is 45.2 Å². The molecule has 140 valence electrons. The average Bonchev–Trinajstić information content (AvgIpc) is 2.89. The second-order valence-electron chi connectivity index (χ2n) is 6.20. The topological polar surface area (TPSA) is 84.1 Å². The van der Waals surface area contributed by atoms with E-state index in [1.165, 1.54) is 13.0 Å². The number of amides is 1. The summed E-state index contributed by atoms with van der Waals surface area (Å²) in [6, 6.07) is 4.72. The summed E-state index contributed by atoms with van der Waals surface area (Å²) >= 11 is 11.9. The molecule has 0 aliphatic heterocycles. The highest BCUT2D eigenvalue weighted by Crippen LogP contribution is 2.26. The molecule has 6 nitrogen and oxygen atoms in total. The van der Waals surface area contributed by atoms with Crippen LogP contribution in [0.25, 0.3) is 0 Å². The molecule has 0 radical (unpaired) electrons. The van der Waals surface area contributed by atoms with E-state index in [4.69, 9.17) is 27.9 Å². The standard InChI is InChI=1S/C18H21Cl2N3O3/c1-9(17-10(2)22-23-11(17)3)7-16(24)26-12(4)18(25)21-15-8-13(19)5-6-14(15)20/h5-6,8-9,12H,7H2,1-4H3,(H,21,25)(H,22,23)/t9-,12+/m0/s1. The Kier molecular flexibility index (Phi) is 6.67. The number of carbonyl (C=O) groups is 2. The monoisotopic (exact) mass is 397 g/mol. The average molecular weight is 398 g/mol. The number of hydrogen-bond donors (Lipinski definition) is 2. The van der Waals surface area contributed by atoms with Gasteiger partial charge in [-0.15, -0.1) is 0 Å². The molecule has 1 heterocycles. The molecule has 2 N–H and O–H groups in total. The lowest BCUT2D eigenvalue weighted by atomic mass is 9.96. The molecule has 2 aromatic rings. The lowest BCUT2D eigenvalue weighted by Crippen LogP contribution is -2.30. The molecule has 0 aliphatic carbocycles. The molecule has 26 heavy (non-hydrogen) atoms. The van der Waals surface area contributed by atoms with Crippen LogP contribution in [-0.2, 0) is 14.3 Å². The van der Waals surface area contributed by atoms with Gasteiger partial charge < -0.3 is 10.1 Å². The van der Waals surface area contributed by atoms with Gasteiger partial charge in [0.2, 0.25) is 0 Å². The van der Waals surface area contributed by atoms with E-state index in [-0.39, 0.29) is 12.3 Å². The van der Waals surface area contributed by atoms with Crippen molar-refractivity contribution >= 4 is 40.8 Å². The number of aromatic nitrogens is 2. The number of nitrogens with zero attached hydrogens (tertiary/aromatic N) is 1. The Morgan fingerprint density at radius 2 is 1.96 bits per heavy atom. The zero-order valence-electron chi connectivity index (χ0n) is 15.0. The highest BCUT2D eigenvalue weighted by molar-refractivity contribution is 6.35. The molecule has 1 aromatic carbocycles. The first-order chi connectivity index (χ1) is 12.2. The van der Waals surface area contributed by atoms with Crippen LogP contribution < -0.4 is 5.32 Å². The summed E-state index contributed by atoms with van der Waals surface area (Å²) in [6.07, 6.45) is -0.812. The van der Waals surface area contributed by atoms with E-state index >= 15 is 0 Å². The first-order valence-electron chi connectivity index (χ1n) is 8.16. The first-order valence-corrected chi connectivity index (χ1v) is 8.91. The van der Waals surface area contributed by atoms with Gasteiger partial charge in [0, 0.05) is 10.7 Å². The van der Waals surface area contributed by atoms with Gasteiger partial charge in [0.05, 0.1) is 22.8 Å². The lowest BCUT2D eigenvalue weighted by Gasteiger charge is -2.16. The number of benzene rings is 1. The number of aryl methyl sites for hydroxylation is 2. The van der Waals surface area contributed by atoms with E-state index in [0.29, 0.717) is 15.7 Å². The van der Waals surface area contributed by atoms with Crippen molar-refractivity contribution in [2.45, 2.75) is 46.1 Å². The normalized spacial score (nSPS) is 13.2. The van der Waals surface area contributed by atoms with Crippen molar-refractivity contribution < 1.29 is 14.3 Å². The van der Waals surface area contributed by atoms with Gasteiger partial charge in [-0.2, -0.15) is 5.10 Å². The van der Waals surface area contributed by atoms with Crippen molar-refractivity contribution in [2.75, 3.05) is 5.32 Å². The van der Waals surface area contributed by atoms with Gasteiger partial charge >= 0.3 is 5.97 Å². The van der Waals surface area contributed by atoms with Crippen LogP contribution >= 0.6 is 23.2 Å². The number of nitrogens with one attached hydrogen (secondary N) is 2. The van der Waals surface area contributed by atoms with Crippen molar-refractivity contribution in [3.8, 4) is 0 Å². The highest BCUT2D eigenvalue weighted by Gasteiger charge is 2.23. The van der Waals surface area contributed by atoms with Gasteiger partial charge in [0.1, 0.15) is 0 Å². The van der Waals surface area contributed by atoms with E-state index < -0.39 is 18.0 Å². The molecule has 2 rings (SSSR count). The summed E-state index contributed by atoms with van der Waals surface area (Å²) in [5, 5.41) is 10.4. The van der Waals surface area contributed by atoms with Gasteiger partial charge in [-0.25, -0.2) is 0 Å². The van der Waals surface area contributed by atoms with Crippen LogP contribution in [0.4, 0.5) is 5.69 Å². The zero-order valence-corrected chi connectivity index (χ0v) is 16.5. The molecule has 0 aliphatic rings. The number of H-pyrrole nitrogens is 1. The SMILES string of the molecule is Cc1n[nH]c(C)c1[C@@H](C)CC(=O)O[C@H](C)C(=O)Nc1cc(Cl)ccc1Cl. The van der Waals surface area contributed by atoms with Crippen LogP contribution in [0.1, 0.15) is 43.1 Å². The number of hydrogen-bond acceptors (Lipinski definition) is 4. The van der Waals surface area contributed by atoms with Crippen LogP contribution in [0, 0.1) is 13.8 Å². The highest BCUT2D eigenvalue weighted by atomic mass is 35.5. The molecule has 2 atom stereocenters. The number of anilines is 1. The lowest BCUT2D eigenvalue weighted by molar-refractivity contribution is -0.153. The molecule has 0 bridgehead atoms. The molecule has 1 aromatic heterocycles. The summed E-state index contributed by atoms with van der Waals surface area (Å²) in [5.74, 6) is -1.01. The number of halogens is 2. The molecule has 0 fully saturated rings. The van der Waals surface area contributed by atoms with Crippen LogP contribution in [0.15, 0.2) is 18.2 Å². The van der Waals surface area contributed by atoms with E-state index in [9.17, 15) is 9.59 Å². The Bertz CT molecular complexity index is 801. The smallest absolute Gasteiger partial charge is 0.307 e. The third kappa shape index (κ3) is 4.99. The summed E-state index contributed by atoms with van der Waals surface area (Å²) in [5.41, 5.74) is 3.13. The molecule has 1 amide bonds. The van der Waals surface area contributed by atoms with Crippen molar-refractivity contribution in [1.29, 1.82) is 0 Å². The number of esters is 1. The minimum absolute atomic E-state index is 0.0705. The third-order valence-electron chi connectivity index (χ3n) is 4.01. The van der Waals surface area contributed by atoms with E-state index in [2.05, 4.69) is 15.5 Å². The molecular formula is C18H21Cl2N3O3. The first kappa shape index (κ1) is 20.3. The van der Waals surface area contributed by atoms with Crippen LogP contribution in [0.5, 0.6) is 0 Å². The maximum Gasteiger partial charge on any atom is 0.307 e.